The van der Waals surface area contributed by atoms with Crippen LogP contribution in [0.4, 0.5) is 0 Å². The van der Waals surface area contributed by atoms with E-state index in [1.807, 2.05) is 18.2 Å². The first-order chi connectivity index (χ1) is 11.5. The SMILES string of the molecule is O=C(CCc1ccc2c(c1)OCO2)N1CCOC2CS(=O)(=O)CC21. The number of benzene rings is 1. The highest BCUT2D eigenvalue weighted by Crippen LogP contribution is 2.33. The van der Waals surface area contributed by atoms with Crippen LogP contribution in [0.1, 0.15) is 12.0 Å². The maximum atomic E-state index is 12.6. The summed E-state index contributed by atoms with van der Waals surface area (Å²) < 4.78 is 39.8. The number of hydrogen-bond donors (Lipinski definition) is 0. The summed E-state index contributed by atoms with van der Waals surface area (Å²) >= 11 is 0. The lowest BCUT2D eigenvalue weighted by Crippen LogP contribution is -2.53. The van der Waals surface area contributed by atoms with Crippen LogP contribution >= 0.6 is 0 Å². The topological polar surface area (TPSA) is 82.1 Å². The number of ether oxygens (including phenoxy) is 3. The van der Waals surface area contributed by atoms with E-state index in [0.717, 1.165) is 11.3 Å². The lowest BCUT2D eigenvalue weighted by Gasteiger charge is -2.36. The van der Waals surface area contributed by atoms with E-state index in [-0.39, 0.29) is 36.4 Å². The van der Waals surface area contributed by atoms with Crippen LogP contribution < -0.4 is 9.47 Å². The number of rotatable bonds is 3. The molecular formula is C16H19NO6S. The van der Waals surface area contributed by atoms with Gasteiger partial charge in [-0.15, -0.1) is 0 Å². The Morgan fingerprint density at radius 1 is 1.21 bits per heavy atom. The van der Waals surface area contributed by atoms with Gasteiger partial charge in [0.05, 0.1) is 30.3 Å². The molecule has 24 heavy (non-hydrogen) atoms. The summed E-state index contributed by atoms with van der Waals surface area (Å²) in [5, 5.41) is 0. The monoisotopic (exact) mass is 353 g/mol. The lowest BCUT2D eigenvalue weighted by molar-refractivity contribution is -0.142. The van der Waals surface area contributed by atoms with Crippen LogP contribution in [-0.2, 0) is 25.8 Å². The molecule has 1 amide bonds. The molecule has 0 N–H and O–H groups in total. The summed E-state index contributed by atoms with van der Waals surface area (Å²) in [6, 6.07) is 5.31. The van der Waals surface area contributed by atoms with Crippen LogP contribution in [0, 0.1) is 0 Å². The number of amides is 1. The summed E-state index contributed by atoms with van der Waals surface area (Å²) in [5.74, 6) is 1.42. The zero-order valence-corrected chi connectivity index (χ0v) is 14.0. The summed E-state index contributed by atoms with van der Waals surface area (Å²) in [5.41, 5.74) is 0.997. The van der Waals surface area contributed by atoms with E-state index in [2.05, 4.69) is 0 Å². The van der Waals surface area contributed by atoms with E-state index >= 15 is 0 Å². The highest BCUT2D eigenvalue weighted by molar-refractivity contribution is 7.91. The van der Waals surface area contributed by atoms with Gasteiger partial charge in [0.25, 0.3) is 0 Å². The fourth-order valence-electron chi connectivity index (χ4n) is 3.52. The van der Waals surface area contributed by atoms with Crippen molar-refractivity contribution in [1.29, 1.82) is 0 Å². The fourth-order valence-corrected chi connectivity index (χ4v) is 5.39. The van der Waals surface area contributed by atoms with Crippen molar-refractivity contribution in [2.45, 2.75) is 25.0 Å². The maximum Gasteiger partial charge on any atom is 0.231 e. The van der Waals surface area contributed by atoms with Crippen molar-refractivity contribution < 1.29 is 27.4 Å². The molecule has 3 aliphatic rings. The van der Waals surface area contributed by atoms with E-state index in [0.29, 0.717) is 31.7 Å². The molecule has 4 rings (SSSR count). The fraction of sp³-hybridized carbons (Fsp3) is 0.562. The van der Waals surface area contributed by atoms with Gasteiger partial charge in [0.2, 0.25) is 12.7 Å². The van der Waals surface area contributed by atoms with Crippen molar-refractivity contribution in [3.8, 4) is 11.5 Å². The van der Waals surface area contributed by atoms with E-state index in [9.17, 15) is 13.2 Å². The van der Waals surface area contributed by atoms with Crippen LogP contribution in [0.3, 0.4) is 0 Å². The van der Waals surface area contributed by atoms with Crippen molar-refractivity contribution in [2.75, 3.05) is 31.5 Å². The quantitative estimate of drug-likeness (QED) is 0.781. The average Bonchev–Trinajstić information content (AvgIpc) is 3.13. The van der Waals surface area contributed by atoms with Crippen molar-refractivity contribution >= 4 is 15.7 Å². The van der Waals surface area contributed by atoms with E-state index < -0.39 is 9.84 Å². The molecule has 0 saturated carbocycles. The minimum absolute atomic E-state index is 0.00737. The van der Waals surface area contributed by atoms with Crippen LogP contribution in [0.5, 0.6) is 11.5 Å². The van der Waals surface area contributed by atoms with Crippen molar-refractivity contribution in [1.82, 2.24) is 4.90 Å². The van der Waals surface area contributed by atoms with Crippen LogP contribution in [-0.4, -0.2) is 62.8 Å². The van der Waals surface area contributed by atoms with E-state index in [4.69, 9.17) is 14.2 Å². The average molecular weight is 353 g/mol. The molecule has 0 aromatic heterocycles. The number of nitrogens with zero attached hydrogens (tertiary/aromatic N) is 1. The first kappa shape index (κ1) is 15.7. The molecule has 3 aliphatic heterocycles. The van der Waals surface area contributed by atoms with E-state index in [1.54, 1.807) is 4.90 Å². The molecule has 2 unspecified atom stereocenters. The minimum atomic E-state index is -3.12. The molecule has 0 radical (unpaired) electrons. The molecule has 0 bridgehead atoms. The predicted octanol–water partition coefficient (Wildman–Crippen LogP) is 0.372. The Morgan fingerprint density at radius 3 is 2.92 bits per heavy atom. The Morgan fingerprint density at radius 2 is 2.04 bits per heavy atom. The van der Waals surface area contributed by atoms with Crippen molar-refractivity contribution in [2.24, 2.45) is 0 Å². The first-order valence-electron chi connectivity index (χ1n) is 8.02. The van der Waals surface area contributed by atoms with Gasteiger partial charge < -0.3 is 19.1 Å². The third kappa shape index (κ3) is 2.95. The molecule has 1 aromatic carbocycles. The first-order valence-corrected chi connectivity index (χ1v) is 9.84. The Kier molecular flexibility index (Phi) is 3.88. The molecule has 3 heterocycles. The molecule has 8 heteroatoms. The number of fused-ring (bicyclic) bond motifs is 2. The molecule has 7 nitrogen and oxygen atoms in total. The summed E-state index contributed by atoms with van der Waals surface area (Å²) in [7, 11) is -3.12. The zero-order valence-electron chi connectivity index (χ0n) is 13.1. The van der Waals surface area contributed by atoms with Crippen LogP contribution in [0.2, 0.25) is 0 Å². The Labute approximate surface area is 140 Å². The molecule has 2 fully saturated rings. The Hall–Kier alpha value is -1.80. The third-order valence-electron chi connectivity index (χ3n) is 4.72. The maximum absolute atomic E-state index is 12.6. The molecule has 2 atom stereocenters. The molecule has 1 aromatic rings. The number of hydrogen-bond acceptors (Lipinski definition) is 6. The smallest absolute Gasteiger partial charge is 0.231 e. The normalized spacial score (nSPS) is 27.1. The Balaban J connectivity index is 1.41. The number of aryl methyl sites for hydroxylation is 1. The highest BCUT2D eigenvalue weighted by Gasteiger charge is 2.45. The van der Waals surface area contributed by atoms with E-state index in [1.165, 1.54) is 0 Å². The molecule has 0 aliphatic carbocycles. The minimum Gasteiger partial charge on any atom is -0.454 e. The van der Waals surface area contributed by atoms with Gasteiger partial charge in [-0.2, -0.15) is 0 Å². The van der Waals surface area contributed by atoms with Gasteiger partial charge in [-0.05, 0) is 24.1 Å². The second-order valence-corrected chi connectivity index (χ2v) is 8.48. The molecular weight excluding hydrogens is 334 g/mol. The van der Waals surface area contributed by atoms with Gasteiger partial charge in [0.15, 0.2) is 21.3 Å². The Bertz CT molecular complexity index is 762. The van der Waals surface area contributed by atoms with Crippen LogP contribution in [0.25, 0.3) is 0 Å². The zero-order chi connectivity index (χ0) is 16.7. The van der Waals surface area contributed by atoms with Crippen molar-refractivity contribution in [3.05, 3.63) is 23.8 Å². The number of morpholine rings is 1. The number of carbonyl (C=O) groups is 1. The summed E-state index contributed by atoms with van der Waals surface area (Å²) in [6.45, 7) is 1.08. The highest BCUT2D eigenvalue weighted by atomic mass is 32.2. The van der Waals surface area contributed by atoms with Gasteiger partial charge in [0, 0.05) is 13.0 Å². The van der Waals surface area contributed by atoms with Gasteiger partial charge in [-0.25, -0.2) is 8.42 Å². The number of sulfone groups is 1. The van der Waals surface area contributed by atoms with Crippen molar-refractivity contribution in [3.63, 3.8) is 0 Å². The van der Waals surface area contributed by atoms with Gasteiger partial charge >= 0.3 is 0 Å². The molecule has 0 spiro atoms. The summed E-state index contributed by atoms with van der Waals surface area (Å²) in [6.07, 6.45) is 0.540. The van der Waals surface area contributed by atoms with Gasteiger partial charge in [-0.3, -0.25) is 4.79 Å². The van der Waals surface area contributed by atoms with Crippen LogP contribution in [0.15, 0.2) is 18.2 Å². The largest absolute Gasteiger partial charge is 0.454 e. The standard InChI is InChI=1S/C16H19NO6S/c18-16(4-2-11-1-3-13-14(7-11)23-10-22-13)17-5-6-21-15-9-24(19,20)8-12(15)17/h1,3,7,12,15H,2,4-6,8-10H2. The van der Waals surface area contributed by atoms with Gasteiger partial charge in [-0.1, -0.05) is 6.07 Å². The summed E-state index contributed by atoms with van der Waals surface area (Å²) in [4.78, 5) is 14.3. The molecule has 130 valence electrons. The second kappa shape index (κ2) is 5.93. The predicted molar refractivity (Wildman–Crippen MR) is 84.8 cm³/mol. The number of carbonyl (C=O) groups excluding carboxylic acids is 1. The van der Waals surface area contributed by atoms with Gasteiger partial charge in [0.1, 0.15) is 0 Å². The third-order valence-corrected chi connectivity index (χ3v) is 6.41. The second-order valence-electron chi connectivity index (χ2n) is 6.33. The lowest BCUT2D eigenvalue weighted by atomic mass is 10.1. The molecule has 2 saturated heterocycles.